The maximum Gasteiger partial charge on any atom is 0.131 e. The Bertz CT molecular complexity index is 510. The van der Waals surface area contributed by atoms with Crippen LogP contribution < -0.4 is 10.5 Å². The first kappa shape index (κ1) is 10.7. The largest absolute Gasteiger partial charge is 0.487 e. The standard InChI is InChI=1S/C13H14N2OS/c14-13-4-1-9-5-11(2-3-12(9)13)16-6-10-7-17-8-15-10/h2-3,5,7-8,13H,1,4,6,14H2/t13-/m0/s1. The molecule has 1 aromatic heterocycles. The molecule has 0 spiro atoms. The molecule has 1 aliphatic carbocycles. The quantitative estimate of drug-likeness (QED) is 0.905. The molecule has 0 fully saturated rings. The SMILES string of the molecule is N[C@H]1CCc2cc(OCc3cscn3)ccc21. The van der Waals surface area contributed by atoms with Crippen molar-refractivity contribution in [2.24, 2.45) is 5.73 Å². The van der Waals surface area contributed by atoms with Gasteiger partial charge in [-0.1, -0.05) is 6.07 Å². The molecule has 3 nitrogen and oxygen atoms in total. The smallest absolute Gasteiger partial charge is 0.131 e. The highest BCUT2D eigenvalue weighted by molar-refractivity contribution is 7.07. The lowest BCUT2D eigenvalue weighted by Crippen LogP contribution is -2.05. The van der Waals surface area contributed by atoms with Gasteiger partial charge in [0.1, 0.15) is 12.4 Å². The highest BCUT2D eigenvalue weighted by Crippen LogP contribution is 2.31. The second-order valence-electron chi connectivity index (χ2n) is 4.27. The lowest BCUT2D eigenvalue weighted by Gasteiger charge is -2.08. The van der Waals surface area contributed by atoms with Crippen molar-refractivity contribution in [3.63, 3.8) is 0 Å². The first-order valence-electron chi connectivity index (χ1n) is 5.71. The summed E-state index contributed by atoms with van der Waals surface area (Å²) in [6, 6.07) is 6.39. The molecule has 3 rings (SSSR count). The number of rotatable bonds is 3. The van der Waals surface area contributed by atoms with Crippen LogP contribution in [-0.2, 0) is 13.0 Å². The molecule has 0 radical (unpaired) electrons. The summed E-state index contributed by atoms with van der Waals surface area (Å²) in [5, 5.41) is 2.00. The predicted molar refractivity (Wildman–Crippen MR) is 68.1 cm³/mol. The van der Waals surface area contributed by atoms with Crippen LogP contribution >= 0.6 is 11.3 Å². The van der Waals surface area contributed by atoms with E-state index >= 15 is 0 Å². The van der Waals surface area contributed by atoms with Crippen LogP contribution in [0.5, 0.6) is 5.75 Å². The van der Waals surface area contributed by atoms with E-state index in [9.17, 15) is 0 Å². The minimum Gasteiger partial charge on any atom is -0.487 e. The van der Waals surface area contributed by atoms with Gasteiger partial charge in [0.2, 0.25) is 0 Å². The molecule has 1 aliphatic rings. The second-order valence-corrected chi connectivity index (χ2v) is 4.99. The van der Waals surface area contributed by atoms with Gasteiger partial charge in [0, 0.05) is 11.4 Å². The number of nitrogens with two attached hydrogens (primary N) is 1. The summed E-state index contributed by atoms with van der Waals surface area (Å²) in [5.41, 5.74) is 11.4. The van der Waals surface area contributed by atoms with Crippen LogP contribution in [0, 0.1) is 0 Å². The Morgan fingerprint density at radius 3 is 3.24 bits per heavy atom. The molecule has 0 saturated carbocycles. The molecule has 2 aromatic rings. The number of hydrogen-bond acceptors (Lipinski definition) is 4. The predicted octanol–water partition coefficient (Wildman–Crippen LogP) is 2.67. The van der Waals surface area contributed by atoms with Crippen LogP contribution in [0.3, 0.4) is 0 Å². The van der Waals surface area contributed by atoms with E-state index in [2.05, 4.69) is 17.1 Å². The third-order valence-corrected chi connectivity index (χ3v) is 3.74. The number of hydrogen-bond donors (Lipinski definition) is 1. The van der Waals surface area contributed by atoms with Crippen LogP contribution in [0.1, 0.15) is 29.3 Å². The van der Waals surface area contributed by atoms with Gasteiger partial charge >= 0.3 is 0 Å². The molecule has 0 amide bonds. The Morgan fingerprint density at radius 2 is 2.41 bits per heavy atom. The first-order chi connectivity index (χ1) is 8.33. The number of nitrogens with zero attached hydrogens (tertiary/aromatic N) is 1. The molecule has 2 N–H and O–H groups in total. The van der Waals surface area contributed by atoms with Crippen molar-refractivity contribution in [3.05, 3.63) is 45.9 Å². The van der Waals surface area contributed by atoms with E-state index < -0.39 is 0 Å². The Hall–Kier alpha value is -1.39. The molecule has 1 aromatic carbocycles. The molecule has 4 heteroatoms. The minimum atomic E-state index is 0.206. The molecule has 88 valence electrons. The van der Waals surface area contributed by atoms with E-state index in [0.717, 1.165) is 24.3 Å². The molecule has 17 heavy (non-hydrogen) atoms. The molecule has 0 saturated heterocycles. The van der Waals surface area contributed by atoms with E-state index in [0.29, 0.717) is 6.61 Å². The van der Waals surface area contributed by atoms with E-state index in [4.69, 9.17) is 10.5 Å². The Morgan fingerprint density at radius 1 is 1.47 bits per heavy atom. The number of aromatic nitrogens is 1. The van der Waals surface area contributed by atoms with Gasteiger partial charge in [-0.25, -0.2) is 4.98 Å². The summed E-state index contributed by atoms with van der Waals surface area (Å²) in [4.78, 5) is 4.19. The van der Waals surface area contributed by atoms with Crippen molar-refractivity contribution in [3.8, 4) is 5.75 Å². The summed E-state index contributed by atoms with van der Waals surface area (Å²) in [6.45, 7) is 0.536. The number of ether oxygens (including phenoxy) is 1. The molecule has 1 atom stereocenters. The zero-order chi connectivity index (χ0) is 11.7. The average molecular weight is 246 g/mol. The van der Waals surface area contributed by atoms with Gasteiger partial charge in [-0.3, -0.25) is 0 Å². The molecule has 0 unspecified atom stereocenters. The zero-order valence-corrected chi connectivity index (χ0v) is 10.2. The third kappa shape index (κ3) is 2.18. The number of thiazole rings is 1. The molecular formula is C13H14N2OS. The highest BCUT2D eigenvalue weighted by atomic mass is 32.1. The van der Waals surface area contributed by atoms with E-state index in [1.54, 1.807) is 11.3 Å². The van der Waals surface area contributed by atoms with Crippen molar-refractivity contribution in [2.75, 3.05) is 0 Å². The van der Waals surface area contributed by atoms with Crippen molar-refractivity contribution >= 4 is 11.3 Å². The number of aryl methyl sites for hydroxylation is 1. The summed E-state index contributed by atoms with van der Waals surface area (Å²) >= 11 is 1.59. The Balaban J connectivity index is 1.72. The van der Waals surface area contributed by atoms with Crippen molar-refractivity contribution in [2.45, 2.75) is 25.5 Å². The molecular weight excluding hydrogens is 232 g/mol. The monoisotopic (exact) mass is 246 g/mol. The van der Waals surface area contributed by atoms with Crippen LogP contribution in [0.4, 0.5) is 0 Å². The summed E-state index contributed by atoms with van der Waals surface area (Å²) in [7, 11) is 0. The second kappa shape index (κ2) is 4.47. The Kier molecular flexibility index (Phi) is 2.82. The van der Waals surface area contributed by atoms with Gasteiger partial charge in [0.05, 0.1) is 11.2 Å². The first-order valence-corrected chi connectivity index (χ1v) is 6.65. The minimum absolute atomic E-state index is 0.206. The van der Waals surface area contributed by atoms with Crippen LogP contribution in [-0.4, -0.2) is 4.98 Å². The molecule has 0 aliphatic heterocycles. The van der Waals surface area contributed by atoms with Gasteiger partial charge in [-0.15, -0.1) is 11.3 Å². The maximum atomic E-state index is 6.00. The molecule has 1 heterocycles. The van der Waals surface area contributed by atoms with Gasteiger partial charge < -0.3 is 10.5 Å². The van der Waals surface area contributed by atoms with Gasteiger partial charge in [-0.05, 0) is 36.1 Å². The van der Waals surface area contributed by atoms with Crippen molar-refractivity contribution < 1.29 is 4.74 Å². The van der Waals surface area contributed by atoms with Crippen LogP contribution in [0.15, 0.2) is 29.1 Å². The van der Waals surface area contributed by atoms with Gasteiger partial charge in [0.15, 0.2) is 0 Å². The van der Waals surface area contributed by atoms with Crippen molar-refractivity contribution in [1.82, 2.24) is 4.98 Å². The fourth-order valence-corrected chi connectivity index (χ4v) is 2.73. The topological polar surface area (TPSA) is 48.1 Å². The molecule has 0 bridgehead atoms. The lowest BCUT2D eigenvalue weighted by molar-refractivity contribution is 0.302. The number of benzene rings is 1. The summed E-state index contributed by atoms with van der Waals surface area (Å²) in [6.07, 6.45) is 2.11. The van der Waals surface area contributed by atoms with Crippen LogP contribution in [0.25, 0.3) is 0 Å². The lowest BCUT2D eigenvalue weighted by atomic mass is 10.1. The average Bonchev–Trinajstić information content (AvgIpc) is 2.97. The summed E-state index contributed by atoms with van der Waals surface area (Å²) in [5.74, 6) is 0.908. The van der Waals surface area contributed by atoms with Gasteiger partial charge in [-0.2, -0.15) is 0 Å². The zero-order valence-electron chi connectivity index (χ0n) is 9.43. The maximum absolute atomic E-state index is 6.00. The van der Waals surface area contributed by atoms with E-state index in [1.807, 2.05) is 17.0 Å². The fraction of sp³-hybridized carbons (Fsp3) is 0.308. The third-order valence-electron chi connectivity index (χ3n) is 3.11. The normalized spacial score (nSPS) is 18.1. The number of fused-ring (bicyclic) bond motifs is 1. The Labute approximate surface area is 104 Å². The van der Waals surface area contributed by atoms with E-state index in [-0.39, 0.29) is 6.04 Å². The van der Waals surface area contributed by atoms with Gasteiger partial charge in [0.25, 0.3) is 0 Å². The van der Waals surface area contributed by atoms with E-state index in [1.165, 1.54) is 11.1 Å². The fourth-order valence-electron chi connectivity index (χ4n) is 2.18. The summed E-state index contributed by atoms with van der Waals surface area (Å²) < 4.78 is 5.71. The van der Waals surface area contributed by atoms with Crippen molar-refractivity contribution in [1.29, 1.82) is 0 Å². The van der Waals surface area contributed by atoms with Crippen LogP contribution in [0.2, 0.25) is 0 Å². The highest BCUT2D eigenvalue weighted by Gasteiger charge is 2.18.